The number of piperidine rings is 1. The zero-order valence-electron chi connectivity index (χ0n) is 15.3. The number of hydrogen-bond donors (Lipinski definition) is 0. The van der Waals surface area contributed by atoms with E-state index >= 15 is 0 Å². The summed E-state index contributed by atoms with van der Waals surface area (Å²) in [6, 6.07) is 5.68. The average molecular weight is 344 g/mol. The van der Waals surface area contributed by atoms with Crippen LogP contribution in [0.1, 0.15) is 63.9 Å². The minimum atomic E-state index is -0.185. The van der Waals surface area contributed by atoms with Crippen molar-refractivity contribution >= 4 is 11.6 Å². The van der Waals surface area contributed by atoms with Crippen molar-refractivity contribution in [2.45, 2.75) is 69.7 Å². The number of anilines is 1. The van der Waals surface area contributed by atoms with Crippen LogP contribution in [0.3, 0.4) is 0 Å². The third-order valence-electron chi connectivity index (χ3n) is 6.76. The highest BCUT2D eigenvalue weighted by Crippen LogP contribution is 2.47. The summed E-state index contributed by atoms with van der Waals surface area (Å²) in [5, 5.41) is 0. The molecule has 0 bridgehead atoms. The third-order valence-corrected chi connectivity index (χ3v) is 6.76. The normalized spacial score (nSPS) is 24.3. The Bertz CT molecular complexity index is 643. The van der Waals surface area contributed by atoms with Crippen LogP contribution in [0.15, 0.2) is 18.2 Å². The quantitative estimate of drug-likeness (QED) is 0.711. The molecule has 1 aromatic rings. The Morgan fingerprint density at radius 3 is 2.44 bits per heavy atom. The number of halogens is 1. The maximum atomic E-state index is 13.9. The summed E-state index contributed by atoms with van der Waals surface area (Å²) in [6.07, 6.45) is 10.2. The molecule has 25 heavy (non-hydrogen) atoms. The van der Waals surface area contributed by atoms with Gasteiger partial charge in [-0.2, -0.15) is 0 Å². The number of likely N-dealkylation sites (tertiary alicyclic amines) is 1. The van der Waals surface area contributed by atoms with Crippen molar-refractivity contribution in [3.8, 4) is 0 Å². The van der Waals surface area contributed by atoms with E-state index in [1.807, 2.05) is 4.90 Å². The average Bonchev–Trinajstić information content (AvgIpc) is 2.78. The zero-order valence-corrected chi connectivity index (χ0v) is 15.3. The van der Waals surface area contributed by atoms with Gasteiger partial charge in [-0.3, -0.25) is 4.79 Å². The van der Waals surface area contributed by atoms with Crippen molar-refractivity contribution in [2.75, 3.05) is 24.5 Å². The van der Waals surface area contributed by atoms with E-state index in [0.717, 1.165) is 49.8 Å². The minimum absolute atomic E-state index is 0.0513. The van der Waals surface area contributed by atoms with Crippen LogP contribution in [0.2, 0.25) is 0 Å². The maximum Gasteiger partial charge on any atom is 0.223 e. The van der Waals surface area contributed by atoms with E-state index in [9.17, 15) is 9.18 Å². The van der Waals surface area contributed by atoms with Gasteiger partial charge in [0.15, 0.2) is 0 Å². The molecule has 136 valence electrons. The molecule has 1 saturated heterocycles. The molecule has 1 amide bonds. The fourth-order valence-electron chi connectivity index (χ4n) is 5.29. The highest BCUT2D eigenvalue weighted by Gasteiger charge is 2.46. The standard InChI is InChI=1S/C21H29FN2O/c1-16(25)24-15-21(19-14-17(22)8-9-20(19)24)10-12-23(13-11-21)18-6-4-2-3-5-7-18/h8-9,14,18H,2-7,10-13,15H2,1H3. The van der Waals surface area contributed by atoms with Crippen LogP contribution in [-0.2, 0) is 10.2 Å². The van der Waals surface area contributed by atoms with Crippen molar-refractivity contribution in [3.63, 3.8) is 0 Å². The Morgan fingerprint density at radius 2 is 1.80 bits per heavy atom. The van der Waals surface area contributed by atoms with Crippen molar-refractivity contribution in [1.82, 2.24) is 4.90 Å². The van der Waals surface area contributed by atoms with Gasteiger partial charge in [-0.25, -0.2) is 4.39 Å². The summed E-state index contributed by atoms with van der Waals surface area (Å²) < 4.78 is 13.9. The minimum Gasteiger partial charge on any atom is -0.311 e. The molecule has 1 saturated carbocycles. The number of rotatable bonds is 1. The molecular formula is C21H29FN2O. The van der Waals surface area contributed by atoms with E-state index in [0.29, 0.717) is 0 Å². The smallest absolute Gasteiger partial charge is 0.223 e. The van der Waals surface area contributed by atoms with Gasteiger partial charge < -0.3 is 9.80 Å². The van der Waals surface area contributed by atoms with E-state index < -0.39 is 0 Å². The molecule has 0 unspecified atom stereocenters. The second kappa shape index (κ2) is 6.71. The van der Waals surface area contributed by atoms with Crippen molar-refractivity contribution < 1.29 is 9.18 Å². The molecule has 4 rings (SSSR count). The molecule has 2 aliphatic heterocycles. The van der Waals surface area contributed by atoms with Crippen LogP contribution in [0.5, 0.6) is 0 Å². The Kier molecular flexibility index (Phi) is 4.57. The van der Waals surface area contributed by atoms with Crippen molar-refractivity contribution in [1.29, 1.82) is 0 Å². The van der Waals surface area contributed by atoms with Crippen LogP contribution in [-0.4, -0.2) is 36.5 Å². The van der Waals surface area contributed by atoms with Gasteiger partial charge >= 0.3 is 0 Å². The van der Waals surface area contributed by atoms with Crippen LogP contribution in [0, 0.1) is 5.82 Å². The molecule has 0 N–H and O–H groups in total. The Balaban J connectivity index is 1.54. The van der Waals surface area contributed by atoms with Gasteiger partial charge in [0, 0.05) is 30.6 Å². The topological polar surface area (TPSA) is 23.6 Å². The molecular weight excluding hydrogens is 315 g/mol. The Morgan fingerprint density at radius 1 is 1.12 bits per heavy atom. The van der Waals surface area contributed by atoms with Crippen LogP contribution < -0.4 is 4.90 Å². The molecule has 1 spiro atoms. The lowest BCUT2D eigenvalue weighted by molar-refractivity contribution is -0.116. The van der Waals surface area contributed by atoms with Gasteiger partial charge in [-0.1, -0.05) is 25.7 Å². The van der Waals surface area contributed by atoms with E-state index in [1.54, 1.807) is 19.1 Å². The lowest BCUT2D eigenvalue weighted by Crippen LogP contribution is -2.49. The van der Waals surface area contributed by atoms with Crippen LogP contribution >= 0.6 is 0 Å². The lowest BCUT2D eigenvalue weighted by atomic mass is 9.74. The number of hydrogen-bond acceptors (Lipinski definition) is 2. The van der Waals surface area contributed by atoms with Gasteiger partial charge in [0.1, 0.15) is 5.82 Å². The van der Waals surface area contributed by atoms with Gasteiger partial charge in [-0.15, -0.1) is 0 Å². The number of benzene rings is 1. The molecule has 3 aliphatic rings. The molecule has 0 aromatic heterocycles. The number of amides is 1. The first-order chi connectivity index (χ1) is 12.1. The molecule has 1 aliphatic carbocycles. The SMILES string of the molecule is CC(=O)N1CC2(CCN(C3CCCCCC3)CC2)c2cc(F)ccc21. The largest absolute Gasteiger partial charge is 0.311 e. The van der Waals surface area contributed by atoms with Gasteiger partial charge in [0.2, 0.25) is 5.91 Å². The highest BCUT2D eigenvalue weighted by molar-refractivity contribution is 5.94. The molecule has 0 atom stereocenters. The number of carbonyl (C=O) groups excluding carboxylic acids is 1. The predicted octanol–water partition coefficient (Wildman–Crippen LogP) is 4.25. The second-order valence-corrected chi connectivity index (χ2v) is 8.23. The summed E-state index contributed by atoms with van der Waals surface area (Å²) in [6.45, 7) is 4.49. The number of fused-ring (bicyclic) bond motifs is 2. The van der Waals surface area contributed by atoms with Gasteiger partial charge in [0.25, 0.3) is 0 Å². The van der Waals surface area contributed by atoms with Crippen LogP contribution in [0.25, 0.3) is 0 Å². The first-order valence-corrected chi connectivity index (χ1v) is 9.91. The molecule has 2 heterocycles. The van der Waals surface area contributed by atoms with Gasteiger partial charge in [0.05, 0.1) is 0 Å². The summed E-state index contributed by atoms with van der Waals surface area (Å²) in [7, 11) is 0. The molecule has 1 aromatic carbocycles. The van der Waals surface area contributed by atoms with Crippen molar-refractivity contribution in [3.05, 3.63) is 29.6 Å². The van der Waals surface area contributed by atoms with Crippen molar-refractivity contribution in [2.24, 2.45) is 0 Å². The molecule has 3 nitrogen and oxygen atoms in total. The second-order valence-electron chi connectivity index (χ2n) is 8.23. The monoisotopic (exact) mass is 344 g/mol. The Hall–Kier alpha value is -1.42. The van der Waals surface area contributed by atoms with Crippen LogP contribution in [0.4, 0.5) is 10.1 Å². The zero-order chi connectivity index (χ0) is 17.4. The third kappa shape index (κ3) is 3.10. The predicted molar refractivity (Wildman–Crippen MR) is 98.4 cm³/mol. The summed E-state index contributed by atoms with van der Waals surface area (Å²) in [5.41, 5.74) is 1.93. The Labute approximate surface area is 150 Å². The molecule has 4 heteroatoms. The fourth-order valence-corrected chi connectivity index (χ4v) is 5.29. The van der Waals surface area contributed by atoms with Gasteiger partial charge in [-0.05, 0) is 62.5 Å². The maximum absolute atomic E-state index is 13.9. The first kappa shape index (κ1) is 17.0. The molecule has 2 fully saturated rings. The van der Waals surface area contributed by atoms with E-state index in [1.165, 1.54) is 44.6 Å². The van der Waals surface area contributed by atoms with E-state index in [-0.39, 0.29) is 17.1 Å². The number of carbonyl (C=O) groups is 1. The first-order valence-electron chi connectivity index (χ1n) is 9.91. The lowest BCUT2D eigenvalue weighted by Gasteiger charge is -2.43. The van der Waals surface area contributed by atoms with E-state index in [2.05, 4.69) is 4.90 Å². The summed E-state index contributed by atoms with van der Waals surface area (Å²) in [4.78, 5) is 16.6. The summed E-state index contributed by atoms with van der Waals surface area (Å²) in [5.74, 6) is -0.120. The van der Waals surface area contributed by atoms with E-state index in [4.69, 9.17) is 0 Å². The summed E-state index contributed by atoms with van der Waals surface area (Å²) >= 11 is 0. The highest BCUT2D eigenvalue weighted by atomic mass is 19.1. The fraction of sp³-hybridized carbons (Fsp3) is 0.667. The number of nitrogens with zero attached hydrogens (tertiary/aromatic N) is 2. The molecule has 0 radical (unpaired) electrons.